The summed E-state index contributed by atoms with van der Waals surface area (Å²) in [5, 5.41) is 3.43. The van der Waals surface area contributed by atoms with Crippen molar-refractivity contribution in [3.8, 4) is 0 Å². The summed E-state index contributed by atoms with van der Waals surface area (Å²) in [5.74, 6) is 0.201. The highest BCUT2D eigenvalue weighted by molar-refractivity contribution is 8.04. The van der Waals surface area contributed by atoms with Gasteiger partial charge < -0.3 is 20.7 Å². The van der Waals surface area contributed by atoms with E-state index in [1.807, 2.05) is 55.6 Å². The highest BCUT2D eigenvalue weighted by atomic mass is 32.2. The number of amides is 1. The van der Waals surface area contributed by atoms with Crippen molar-refractivity contribution in [1.82, 2.24) is 15.1 Å². The first-order chi connectivity index (χ1) is 15.5. The highest BCUT2D eigenvalue weighted by Gasteiger charge is 2.26. The molecule has 2 aromatic rings. The number of aryl methyl sites for hydroxylation is 1. The van der Waals surface area contributed by atoms with Crippen LogP contribution in [0.1, 0.15) is 21.5 Å². The van der Waals surface area contributed by atoms with Crippen molar-refractivity contribution in [2.75, 3.05) is 33.2 Å². The van der Waals surface area contributed by atoms with Gasteiger partial charge in [-0.15, -0.1) is 0 Å². The molecule has 1 fully saturated rings. The van der Waals surface area contributed by atoms with Gasteiger partial charge in [-0.3, -0.25) is 9.69 Å². The first-order valence-electron chi connectivity index (χ1n) is 10.7. The molecule has 1 atom stereocenters. The number of likely N-dealkylation sites (N-methyl/N-ethyl adjacent to an activating group) is 1. The summed E-state index contributed by atoms with van der Waals surface area (Å²) in [4.78, 5) is 23.0. The van der Waals surface area contributed by atoms with Crippen LogP contribution in [0.25, 0.3) is 0 Å². The van der Waals surface area contributed by atoms with Crippen molar-refractivity contribution in [1.29, 1.82) is 0 Å². The Hall–Kier alpha value is -2.81. The Kier molecular flexibility index (Phi) is 7.14. The number of primary amides is 1. The minimum absolute atomic E-state index is 0.142. The summed E-state index contributed by atoms with van der Waals surface area (Å²) in [7, 11) is 2.14. The number of rotatable bonds is 6. The molecule has 8 heteroatoms. The molecule has 1 unspecified atom stereocenters. The van der Waals surface area contributed by atoms with Crippen LogP contribution in [0.5, 0.6) is 0 Å². The lowest BCUT2D eigenvalue weighted by atomic mass is 10.1. The quantitative estimate of drug-likeness (QED) is 0.703. The lowest BCUT2D eigenvalue weighted by Gasteiger charge is -2.37. The fourth-order valence-corrected chi connectivity index (χ4v) is 4.54. The monoisotopic (exact) mass is 451 g/mol. The van der Waals surface area contributed by atoms with Crippen LogP contribution in [0.3, 0.4) is 0 Å². The molecule has 0 saturated carbocycles. The number of nitrogens with two attached hydrogens (primary N) is 1. The maximum Gasteiger partial charge on any atom is 0.248 e. The van der Waals surface area contributed by atoms with E-state index < -0.39 is 5.91 Å². The van der Waals surface area contributed by atoms with Gasteiger partial charge in [0.1, 0.15) is 6.61 Å². The van der Waals surface area contributed by atoms with Gasteiger partial charge in [-0.1, -0.05) is 42.1 Å². The second-order valence-corrected chi connectivity index (χ2v) is 9.13. The number of carbonyl (C=O) groups excluding carboxylic acids is 1. The molecule has 3 N–H and O–H groups in total. The van der Waals surface area contributed by atoms with Gasteiger partial charge in [-0.2, -0.15) is 0 Å². The molecule has 4 rings (SSSR count). The van der Waals surface area contributed by atoms with Gasteiger partial charge in [0.15, 0.2) is 6.29 Å². The number of aliphatic imine (C=N–C) groups is 1. The van der Waals surface area contributed by atoms with Crippen LogP contribution in [0, 0.1) is 6.92 Å². The fourth-order valence-electron chi connectivity index (χ4n) is 3.62. The molecule has 2 aromatic carbocycles. The molecular formula is C24H29N5O2S. The molecule has 7 nitrogen and oxygen atoms in total. The zero-order valence-corrected chi connectivity index (χ0v) is 19.3. The minimum atomic E-state index is -0.424. The average Bonchev–Trinajstić information content (AvgIpc) is 2.80. The van der Waals surface area contributed by atoms with Crippen LogP contribution < -0.4 is 11.1 Å². The second-order valence-electron chi connectivity index (χ2n) is 8.04. The Bertz CT molecular complexity index is 1020. The van der Waals surface area contributed by atoms with Crippen LogP contribution in [-0.4, -0.2) is 61.1 Å². The van der Waals surface area contributed by atoms with Gasteiger partial charge in [0.25, 0.3) is 0 Å². The summed E-state index contributed by atoms with van der Waals surface area (Å²) in [6, 6.07) is 15.6. The number of ether oxygens (including phenoxy) is 1. The Balaban J connectivity index is 1.53. The van der Waals surface area contributed by atoms with Gasteiger partial charge in [-0.05, 0) is 43.3 Å². The van der Waals surface area contributed by atoms with Crippen LogP contribution >= 0.6 is 11.8 Å². The largest absolute Gasteiger partial charge is 0.472 e. The van der Waals surface area contributed by atoms with Gasteiger partial charge in [0.05, 0.1) is 4.91 Å². The topological polar surface area (TPSA) is 83.2 Å². The van der Waals surface area contributed by atoms with Gasteiger partial charge in [0.2, 0.25) is 11.8 Å². The fraction of sp³-hybridized carbons (Fsp3) is 0.333. The molecule has 0 spiro atoms. The normalized spacial score (nSPS) is 19.6. The second kappa shape index (κ2) is 10.2. The van der Waals surface area contributed by atoms with E-state index in [1.165, 1.54) is 0 Å². The van der Waals surface area contributed by atoms with E-state index >= 15 is 0 Å². The predicted molar refractivity (Wildman–Crippen MR) is 128 cm³/mol. The number of piperazine rings is 1. The lowest BCUT2D eigenvalue weighted by molar-refractivity contribution is 0.1000. The summed E-state index contributed by atoms with van der Waals surface area (Å²) < 4.78 is 6.21. The minimum Gasteiger partial charge on any atom is -0.472 e. The molecule has 1 amide bonds. The van der Waals surface area contributed by atoms with E-state index in [2.05, 4.69) is 22.2 Å². The Labute approximate surface area is 193 Å². The number of carbonyl (C=O) groups is 1. The molecule has 2 aliphatic rings. The van der Waals surface area contributed by atoms with Crippen LogP contribution in [0.2, 0.25) is 0 Å². The Morgan fingerprint density at radius 3 is 2.62 bits per heavy atom. The van der Waals surface area contributed by atoms with Crippen LogP contribution in [0.15, 0.2) is 69.5 Å². The predicted octanol–water partition coefficient (Wildman–Crippen LogP) is 2.78. The molecule has 0 aliphatic carbocycles. The zero-order valence-electron chi connectivity index (χ0n) is 18.5. The van der Waals surface area contributed by atoms with Crippen molar-refractivity contribution in [3.05, 3.63) is 76.3 Å². The standard InChI is InChI=1S/C24H29N5O2S/c1-17-14-19(22(25)30)8-9-20(17)32-21-15-26-24(29-12-10-28(2)11-13-29)27-23(21)31-16-18-6-4-3-5-7-18/h3-9,14-15,24,26H,10-13,16H2,1-2H3,(H2,25,30). The number of thioether (sulfide) groups is 1. The third kappa shape index (κ3) is 5.51. The van der Waals surface area contributed by atoms with Crippen molar-refractivity contribution in [2.24, 2.45) is 10.7 Å². The zero-order chi connectivity index (χ0) is 22.5. The van der Waals surface area contributed by atoms with E-state index in [9.17, 15) is 4.79 Å². The van der Waals surface area contributed by atoms with E-state index in [0.717, 1.165) is 47.1 Å². The number of benzene rings is 2. The summed E-state index contributed by atoms with van der Waals surface area (Å²) in [6.07, 6.45) is 1.85. The van der Waals surface area contributed by atoms with Crippen molar-refractivity contribution >= 4 is 23.6 Å². The van der Waals surface area contributed by atoms with Gasteiger partial charge >= 0.3 is 0 Å². The summed E-state index contributed by atoms with van der Waals surface area (Å²) in [5.41, 5.74) is 8.00. The number of nitrogens with one attached hydrogen (secondary N) is 1. The first kappa shape index (κ1) is 22.4. The Morgan fingerprint density at radius 1 is 1.19 bits per heavy atom. The van der Waals surface area contributed by atoms with Crippen LogP contribution in [-0.2, 0) is 11.3 Å². The third-order valence-corrected chi connectivity index (χ3v) is 6.79. The SMILES string of the molecule is Cc1cc(C(N)=O)ccc1SC1=CNC(N2CCN(C)CC2)N=C1OCc1ccccc1. The van der Waals surface area contributed by atoms with Crippen molar-refractivity contribution in [2.45, 2.75) is 24.7 Å². The van der Waals surface area contributed by atoms with Gasteiger partial charge in [-0.25, -0.2) is 4.99 Å². The number of nitrogens with zero attached hydrogens (tertiary/aromatic N) is 3. The maximum atomic E-state index is 11.5. The molecule has 32 heavy (non-hydrogen) atoms. The van der Waals surface area contributed by atoms with Crippen LogP contribution in [0.4, 0.5) is 0 Å². The van der Waals surface area contributed by atoms with E-state index in [-0.39, 0.29) is 6.29 Å². The molecule has 168 valence electrons. The molecule has 2 heterocycles. The van der Waals surface area contributed by atoms with Crippen molar-refractivity contribution < 1.29 is 9.53 Å². The first-order valence-corrected chi connectivity index (χ1v) is 11.5. The van der Waals surface area contributed by atoms with E-state index in [0.29, 0.717) is 18.1 Å². The summed E-state index contributed by atoms with van der Waals surface area (Å²) in [6.45, 7) is 6.36. The van der Waals surface area contributed by atoms with Gasteiger partial charge in [0, 0.05) is 42.8 Å². The Morgan fingerprint density at radius 2 is 1.94 bits per heavy atom. The maximum absolute atomic E-state index is 11.5. The number of hydrogen-bond acceptors (Lipinski definition) is 7. The lowest BCUT2D eigenvalue weighted by Crippen LogP contribution is -2.53. The molecular weight excluding hydrogens is 422 g/mol. The molecule has 0 aromatic heterocycles. The smallest absolute Gasteiger partial charge is 0.248 e. The third-order valence-electron chi connectivity index (χ3n) is 5.60. The molecule has 0 radical (unpaired) electrons. The number of hydrogen-bond donors (Lipinski definition) is 2. The van der Waals surface area contributed by atoms with E-state index in [1.54, 1.807) is 17.8 Å². The molecule has 0 bridgehead atoms. The molecule has 2 aliphatic heterocycles. The van der Waals surface area contributed by atoms with Crippen molar-refractivity contribution in [3.63, 3.8) is 0 Å². The molecule has 1 saturated heterocycles. The summed E-state index contributed by atoms with van der Waals surface area (Å²) >= 11 is 1.57. The van der Waals surface area contributed by atoms with E-state index in [4.69, 9.17) is 15.5 Å². The average molecular weight is 452 g/mol. The highest BCUT2D eigenvalue weighted by Crippen LogP contribution is 2.32.